The molecule has 3 aromatic carbocycles. The van der Waals surface area contributed by atoms with Gasteiger partial charge in [0, 0.05) is 23.4 Å². The molecule has 1 atom stereocenters. The number of ether oxygens (including phenoxy) is 1. The van der Waals surface area contributed by atoms with Crippen LogP contribution in [0.25, 0.3) is 0 Å². The Bertz CT molecular complexity index is 1200. The van der Waals surface area contributed by atoms with Gasteiger partial charge in [0.2, 0.25) is 5.91 Å². The highest BCUT2D eigenvalue weighted by atomic mass is 32.2. The second-order valence-electron chi connectivity index (χ2n) is 7.21. The number of rotatable bonds is 7. The molecule has 9 heteroatoms. The molecule has 1 aliphatic heterocycles. The van der Waals surface area contributed by atoms with Crippen LogP contribution in [0, 0.1) is 10.1 Å². The molecule has 0 radical (unpaired) electrons. The number of carbonyl (C=O) groups excluding carboxylic acids is 2. The molecule has 1 N–H and O–H groups in total. The lowest BCUT2D eigenvalue weighted by Gasteiger charge is -2.26. The highest BCUT2D eigenvalue weighted by Gasteiger charge is 2.35. The normalized spacial score (nSPS) is 15.4. The predicted molar refractivity (Wildman–Crippen MR) is 128 cm³/mol. The van der Waals surface area contributed by atoms with E-state index in [2.05, 4.69) is 5.32 Å². The summed E-state index contributed by atoms with van der Waals surface area (Å²) in [6.45, 7) is 2.39. The van der Waals surface area contributed by atoms with Crippen LogP contribution in [0.15, 0.2) is 72.8 Å². The summed E-state index contributed by atoms with van der Waals surface area (Å²) in [6, 6.07) is 20.2. The molecule has 8 nitrogen and oxygen atoms in total. The maximum atomic E-state index is 12.7. The Labute approximate surface area is 194 Å². The van der Waals surface area contributed by atoms with Crippen LogP contribution in [0.4, 0.5) is 17.1 Å². The lowest BCUT2D eigenvalue weighted by atomic mass is 10.1. The minimum absolute atomic E-state index is 0.000189. The zero-order valence-corrected chi connectivity index (χ0v) is 18.6. The summed E-state index contributed by atoms with van der Waals surface area (Å²) in [5.41, 5.74) is 2.23. The van der Waals surface area contributed by atoms with Crippen molar-refractivity contribution in [2.45, 2.75) is 12.3 Å². The summed E-state index contributed by atoms with van der Waals surface area (Å²) in [5.74, 6) is 0.571. The highest BCUT2D eigenvalue weighted by Crippen LogP contribution is 2.44. The zero-order chi connectivity index (χ0) is 23.4. The average molecular weight is 464 g/mol. The molecule has 1 fully saturated rings. The third-order valence-electron chi connectivity index (χ3n) is 5.07. The Morgan fingerprint density at radius 2 is 1.91 bits per heavy atom. The topological polar surface area (TPSA) is 102 Å². The molecular weight excluding hydrogens is 442 g/mol. The molecule has 3 aromatic rings. The smallest absolute Gasteiger partial charge is 0.270 e. The van der Waals surface area contributed by atoms with Gasteiger partial charge in [0.05, 0.1) is 23.0 Å². The number of hydrogen-bond donors (Lipinski definition) is 1. The van der Waals surface area contributed by atoms with Crippen LogP contribution in [0.2, 0.25) is 0 Å². The fraction of sp³-hybridized carbons (Fsp3) is 0.167. The van der Waals surface area contributed by atoms with Crippen LogP contribution >= 0.6 is 11.8 Å². The summed E-state index contributed by atoms with van der Waals surface area (Å²) in [7, 11) is 0. The fourth-order valence-corrected chi connectivity index (χ4v) is 4.73. The molecule has 0 saturated carbocycles. The van der Waals surface area contributed by atoms with E-state index in [1.165, 1.54) is 36.0 Å². The summed E-state index contributed by atoms with van der Waals surface area (Å²) in [6.07, 6.45) is 0. The molecule has 0 spiro atoms. The SMILES string of the molecule is CCOc1ccccc1N1C(=O)CSC1c1ccc(NC(=O)c2cccc([N+](=O)[O-])c2)cc1. The van der Waals surface area contributed by atoms with E-state index >= 15 is 0 Å². The number of thioether (sulfide) groups is 1. The third-order valence-corrected chi connectivity index (χ3v) is 6.28. The number of nitrogens with one attached hydrogen (secondary N) is 1. The molecule has 4 rings (SSSR count). The molecule has 1 saturated heterocycles. The van der Waals surface area contributed by atoms with Crippen molar-refractivity contribution in [1.82, 2.24) is 0 Å². The van der Waals surface area contributed by atoms with E-state index in [-0.39, 0.29) is 22.5 Å². The van der Waals surface area contributed by atoms with Crippen LogP contribution < -0.4 is 15.0 Å². The van der Waals surface area contributed by atoms with Crippen LogP contribution in [0.5, 0.6) is 5.75 Å². The number of amides is 2. The van der Waals surface area contributed by atoms with E-state index in [0.717, 1.165) is 11.3 Å². The number of nitro groups is 1. The van der Waals surface area contributed by atoms with Crippen molar-refractivity contribution in [3.63, 3.8) is 0 Å². The summed E-state index contributed by atoms with van der Waals surface area (Å²) >= 11 is 1.52. The van der Waals surface area contributed by atoms with E-state index in [1.807, 2.05) is 43.3 Å². The Kier molecular flexibility index (Phi) is 6.60. The van der Waals surface area contributed by atoms with Crippen molar-refractivity contribution in [2.24, 2.45) is 0 Å². The summed E-state index contributed by atoms with van der Waals surface area (Å²) < 4.78 is 5.72. The number of para-hydroxylation sites is 2. The van der Waals surface area contributed by atoms with E-state index in [0.29, 0.717) is 23.8 Å². The third kappa shape index (κ3) is 4.83. The van der Waals surface area contributed by atoms with Crippen molar-refractivity contribution in [3.8, 4) is 5.75 Å². The number of nitro benzene ring substituents is 1. The molecule has 1 aliphatic rings. The van der Waals surface area contributed by atoms with E-state index in [4.69, 9.17) is 4.74 Å². The van der Waals surface area contributed by atoms with Gasteiger partial charge in [-0.15, -0.1) is 11.8 Å². The van der Waals surface area contributed by atoms with Crippen LogP contribution in [-0.4, -0.2) is 29.1 Å². The lowest BCUT2D eigenvalue weighted by Crippen LogP contribution is -2.28. The molecule has 33 heavy (non-hydrogen) atoms. The first-order chi connectivity index (χ1) is 16.0. The Morgan fingerprint density at radius 1 is 1.15 bits per heavy atom. The van der Waals surface area contributed by atoms with Crippen LogP contribution in [-0.2, 0) is 4.79 Å². The molecular formula is C24H21N3O5S. The average Bonchev–Trinajstić information content (AvgIpc) is 3.21. The van der Waals surface area contributed by atoms with E-state index in [1.54, 1.807) is 17.0 Å². The maximum absolute atomic E-state index is 12.7. The van der Waals surface area contributed by atoms with Crippen molar-refractivity contribution >= 4 is 40.6 Å². The quantitative estimate of drug-likeness (QED) is 0.390. The standard InChI is InChI=1S/C24H21N3O5S/c1-2-32-21-9-4-3-8-20(21)26-22(28)15-33-24(26)16-10-12-18(13-11-16)25-23(29)17-6-5-7-19(14-17)27(30)31/h3-14,24H,2,15H2,1H3,(H,25,29). The Balaban J connectivity index is 1.53. The predicted octanol–water partition coefficient (Wildman–Crippen LogP) is 5.02. The highest BCUT2D eigenvalue weighted by molar-refractivity contribution is 8.00. The first kappa shape index (κ1) is 22.3. The largest absolute Gasteiger partial charge is 0.492 e. The summed E-state index contributed by atoms with van der Waals surface area (Å²) in [4.78, 5) is 37.4. The van der Waals surface area contributed by atoms with Crippen molar-refractivity contribution in [3.05, 3.63) is 94.0 Å². The number of hydrogen-bond acceptors (Lipinski definition) is 6. The van der Waals surface area contributed by atoms with E-state index in [9.17, 15) is 19.7 Å². The van der Waals surface area contributed by atoms with Gasteiger partial charge in [-0.25, -0.2) is 0 Å². The maximum Gasteiger partial charge on any atom is 0.270 e. The molecule has 0 bridgehead atoms. The number of carbonyl (C=O) groups is 2. The lowest BCUT2D eigenvalue weighted by molar-refractivity contribution is -0.384. The monoisotopic (exact) mass is 463 g/mol. The number of benzene rings is 3. The molecule has 0 aliphatic carbocycles. The van der Waals surface area contributed by atoms with Gasteiger partial charge in [0.1, 0.15) is 11.1 Å². The van der Waals surface area contributed by atoms with Gasteiger partial charge in [-0.1, -0.05) is 30.3 Å². The Morgan fingerprint density at radius 3 is 2.64 bits per heavy atom. The molecule has 0 aromatic heterocycles. The van der Waals surface area contributed by atoms with Crippen LogP contribution in [0.3, 0.4) is 0 Å². The van der Waals surface area contributed by atoms with Gasteiger partial charge < -0.3 is 10.1 Å². The molecule has 1 heterocycles. The van der Waals surface area contributed by atoms with Gasteiger partial charge >= 0.3 is 0 Å². The van der Waals surface area contributed by atoms with Gasteiger partial charge in [-0.3, -0.25) is 24.6 Å². The van der Waals surface area contributed by atoms with Crippen LogP contribution in [0.1, 0.15) is 28.2 Å². The van der Waals surface area contributed by atoms with Crippen molar-refractivity contribution in [1.29, 1.82) is 0 Å². The van der Waals surface area contributed by atoms with Gasteiger partial charge in [0.25, 0.3) is 11.6 Å². The molecule has 2 amide bonds. The second kappa shape index (κ2) is 9.74. The van der Waals surface area contributed by atoms with Gasteiger partial charge in [-0.2, -0.15) is 0 Å². The minimum Gasteiger partial charge on any atom is -0.492 e. The second-order valence-corrected chi connectivity index (χ2v) is 8.28. The Hall–Kier alpha value is -3.85. The minimum atomic E-state index is -0.540. The first-order valence-corrected chi connectivity index (χ1v) is 11.3. The number of non-ortho nitro benzene ring substituents is 1. The fourth-order valence-electron chi connectivity index (χ4n) is 3.56. The number of anilines is 2. The van der Waals surface area contributed by atoms with Gasteiger partial charge in [0.15, 0.2) is 0 Å². The van der Waals surface area contributed by atoms with Crippen molar-refractivity contribution in [2.75, 3.05) is 22.6 Å². The molecule has 168 valence electrons. The summed E-state index contributed by atoms with van der Waals surface area (Å²) in [5, 5.41) is 13.5. The molecule has 1 unspecified atom stereocenters. The van der Waals surface area contributed by atoms with E-state index < -0.39 is 10.8 Å². The zero-order valence-electron chi connectivity index (χ0n) is 17.8. The van der Waals surface area contributed by atoms with Gasteiger partial charge in [-0.05, 0) is 42.8 Å². The number of nitrogens with zero attached hydrogens (tertiary/aromatic N) is 2. The first-order valence-electron chi connectivity index (χ1n) is 10.3. The van der Waals surface area contributed by atoms with Crippen molar-refractivity contribution < 1.29 is 19.2 Å².